The third-order valence-electron chi connectivity index (χ3n) is 2.74. The molecule has 0 N–H and O–H groups in total. The van der Waals surface area contributed by atoms with Crippen LogP contribution in [0, 0.1) is 10.1 Å². The van der Waals surface area contributed by atoms with Gasteiger partial charge in [-0.3, -0.25) is 15.1 Å². The predicted molar refractivity (Wildman–Crippen MR) is 70.1 cm³/mol. The molecule has 2 heterocycles. The van der Waals surface area contributed by atoms with Crippen LogP contribution < -0.4 is 4.74 Å². The second-order valence-electron chi connectivity index (χ2n) is 4.51. The van der Waals surface area contributed by atoms with Gasteiger partial charge in [0.15, 0.2) is 0 Å². The molecule has 1 aromatic heterocycles. The average Bonchev–Trinajstić information content (AvgIpc) is 2.39. The van der Waals surface area contributed by atoms with E-state index in [4.69, 9.17) is 9.47 Å². The summed E-state index contributed by atoms with van der Waals surface area (Å²) in [5, 5.41) is 11.1. The highest BCUT2D eigenvalue weighted by Gasteiger charge is 2.23. The molecule has 2 rings (SSSR count). The van der Waals surface area contributed by atoms with E-state index in [0.717, 1.165) is 5.57 Å². The van der Waals surface area contributed by atoms with Crippen molar-refractivity contribution in [3.63, 3.8) is 0 Å². The molecule has 1 aliphatic heterocycles. The smallest absolute Gasteiger partial charge is 0.329 e. The van der Waals surface area contributed by atoms with Crippen molar-refractivity contribution < 1.29 is 14.4 Å². The van der Waals surface area contributed by atoms with Gasteiger partial charge in [-0.1, -0.05) is 6.08 Å². The summed E-state index contributed by atoms with van der Waals surface area (Å²) >= 11 is 0. The molecular formula is C13H16N2O4. The van der Waals surface area contributed by atoms with E-state index in [9.17, 15) is 10.1 Å². The molecule has 19 heavy (non-hydrogen) atoms. The maximum atomic E-state index is 11.1. The fourth-order valence-electron chi connectivity index (χ4n) is 1.93. The first-order valence-corrected chi connectivity index (χ1v) is 6.15. The molecule has 0 unspecified atom stereocenters. The van der Waals surface area contributed by atoms with Gasteiger partial charge in [-0.25, -0.2) is 0 Å². The van der Waals surface area contributed by atoms with Gasteiger partial charge in [-0.15, -0.1) is 0 Å². The van der Waals surface area contributed by atoms with Crippen LogP contribution in [-0.4, -0.2) is 29.2 Å². The van der Waals surface area contributed by atoms with Crippen LogP contribution >= 0.6 is 0 Å². The Morgan fingerprint density at radius 3 is 2.84 bits per heavy atom. The van der Waals surface area contributed by atoms with Crippen LogP contribution in [0.1, 0.15) is 25.8 Å². The number of rotatable bonds is 4. The molecule has 0 saturated heterocycles. The summed E-state index contributed by atoms with van der Waals surface area (Å²) in [6.07, 6.45) is 5.32. The summed E-state index contributed by atoms with van der Waals surface area (Å²) in [6, 6.07) is 0. The van der Waals surface area contributed by atoms with Crippen LogP contribution in [0.5, 0.6) is 5.75 Å². The van der Waals surface area contributed by atoms with Crippen molar-refractivity contribution in [1.29, 1.82) is 0 Å². The Morgan fingerprint density at radius 1 is 1.47 bits per heavy atom. The Hall–Kier alpha value is -1.95. The average molecular weight is 264 g/mol. The lowest BCUT2D eigenvalue weighted by Crippen LogP contribution is -2.11. The predicted octanol–water partition coefficient (Wildman–Crippen LogP) is 2.58. The normalized spacial score (nSPS) is 15.2. The van der Waals surface area contributed by atoms with Crippen LogP contribution in [0.15, 0.2) is 18.5 Å². The van der Waals surface area contributed by atoms with E-state index >= 15 is 0 Å². The van der Waals surface area contributed by atoms with Crippen molar-refractivity contribution >= 4 is 11.3 Å². The van der Waals surface area contributed by atoms with Gasteiger partial charge in [0, 0.05) is 11.8 Å². The van der Waals surface area contributed by atoms with Gasteiger partial charge in [-0.2, -0.15) is 0 Å². The summed E-state index contributed by atoms with van der Waals surface area (Å²) in [7, 11) is 0. The number of hydrogen-bond donors (Lipinski definition) is 0. The van der Waals surface area contributed by atoms with Gasteiger partial charge in [-0.05, 0) is 25.8 Å². The number of hydrogen-bond acceptors (Lipinski definition) is 5. The van der Waals surface area contributed by atoms with Crippen molar-refractivity contribution in [3.05, 3.63) is 34.1 Å². The van der Waals surface area contributed by atoms with Gasteiger partial charge in [0.05, 0.1) is 24.2 Å². The summed E-state index contributed by atoms with van der Waals surface area (Å²) in [5.41, 5.74) is 1.57. The number of ether oxygens (including phenoxy) is 2. The molecule has 0 aliphatic carbocycles. The zero-order valence-electron chi connectivity index (χ0n) is 11.0. The Kier molecular flexibility index (Phi) is 4.11. The highest BCUT2D eigenvalue weighted by atomic mass is 16.6. The van der Waals surface area contributed by atoms with Crippen LogP contribution in [0.25, 0.3) is 5.57 Å². The second kappa shape index (κ2) is 5.79. The van der Waals surface area contributed by atoms with Crippen LogP contribution in [0.4, 0.5) is 5.69 Å². The Bertz CT molecular complexity index is 511. The molecular weight excluding hydrogens is 248 g/mol. The maximum absolute atomic E-state index is 11.1. The minimum Gasteiger partial charge on any atom is -0.484 e. The standard InChI is InChI=1S/C13H16N2O4/c1-9(2)19-13-11(10-3-5-18-6-4-10)7-14-8-12(13)15(16)17/h3,7-9H,4-6H2,1-2H3. The van der Waals surface area contributed by atoms with E-state index in [1.807, 2.05) is 19.9 Å². The number of nitrogens with zero attached hydrogens (tertiary/aromatic N) is 2. The Labute approximate surface area is 111 Å². The van der Waals surface area contributed by atoms with Gasteiger partial charge in [0.1, 0.15) is 6.20 Å². The summed E-state index contributed by atoms with van der Waals surface area (Å²) < 4.78 is 10.9. The van der Waals surface area contributed by atoms with E-state index in [1.165, 1.54) is 6.20 Å². The highest BCUT2D eigenvalue weighted by Crippen LogP contribution is 2.36. The van der Waals surface area contributed by atoms with Gasteiger partial charge in [0.2, 0.25) is 5.75 Å². The lowest BCUT2D eigenvalue weighted by molar-refractivity contribution is -0.386. The van der Waals surface area contributed by atoms with Gasteiger partial charge in [0.25, 0.3) is 0 Å². The molecule has 1 aliphatic rings. The zero-order chi connectivity index (χ0) is 13.8. The topological polar surface area (TPSA) is 74.5 Å². The molecule has 0 amide bonds. The Balaban J connectivity index is 2.49. The second-order valence-corrected chi connectivity index (χ2v) is 4.51. The third-order valence-corrected chi connectivity index (χ3v) is 2.74. The molecule has 0 saturated carbocycles. The van der Waals surface area contributed by atoms with E-state index in [1.54, 1.807) is 6.20 Å². The summed E-state index contributed by atoms with van der Waals surface area (Å²) in [6.45, 7) is 4.80. The monoisotopic (exact) mass is 264 g/mol. The van der Waals surface area contributed by atoms with Crippen molar-refractivity contribution in [2.45, 2.75) is 26.4 Å². The van der Waals surface area contributed by atoms with Crippen molar-refractivity contribution in [3.8, 4) is 5.75 Å². The maximum Gasteiger partial charge on any atom is 0.329 e. The number of aromatic nitrogens is 1. The van der Waals surface area contributed by atoms with Gasteiger partial charge >= 0.3 is 5.69 Å². The summed E-state index contributed by atoms with van der Waals surface area (Å²) in [5.74, 6) is 0.295. The molecule has 1 aromatic rings. The first-order valence-electron chi connectivity index (χ1n) is 6.15. The van der Waals surface area contributed by atoms with Crippen LogP contribution in [-0.2, 0) is 4.74 Å². The zero-order valence-corrected chi connectivity index (χ0v) is 11.0. The van der Waals surface area contributed by atoms with E-state index in [0.29, 0.717) is 30.9 Å². The van der Waals surface area contributed by atoms with Crippen molar-refractivity contribution in [1.82, 2.24) is 4.98 Å². The molecule has 6 heteroatoms. The Morgan fingerprint density at radius 2 is 2.26 bits per heavy atom. The fourth-order valence-corrected chi connectivity index (χ4v) is 1.93. The third kappa shape index (κ3) is 3.08. The molecule has 0 atom stereocenters. The van der Waals surface area contributed by atoms with E-state index in [2.05, 4.69) is 4.98 Å². The minimum atomic E-state index is -0.464. The van der Waals surface area contributed by atoms with Crippen LogP contribution in [0.2, 0.25) is 0 Å². The van der Waals surface area contributed by atoms with Crippen LogP contribution in [0.3, 0.4) is 0 Å². The molecule has 6 nitrogen and oxygen atoms in total. The SMILES string of the molecule is CC(C)Oc1c(C2=CCOCC2)cncc1[N+](=O)[O-]. The quantitative estimate of drug-likeness (QED) is 0.617. The molecule has 0 bridgehead atoms. The number of nitro groups is 1. The number of pyridine rings is 1. The molecule has 0 spiro atoms. The summed E-state index contributed by atoms with van der Waals surface area (Å²) in [4.78, 5) is 14.6. The van der Waals surface area contributed by atoms with Crippen molar-refractivity contribution in [2.24, 2.45) is 0 Å². The molecule has 0 aromatic carbocycles. The lowest BCUT2D eigenvalue weighted by Gasteiger charge is -2.18. The molecule has 0 fully saturated rings. The largest absolute Gasteiger partial charge is 0.484 e. The lowest BCUT2D eigenvalue weighted by atomic mass is 10.0. The van der Waals surface area contributed by atoms with E-state index in [-0.39, 0.29) is 11.8 Å². The first kappa shape index (κ1) is 13.5. The fraction of sp³-hybridized carbons (Fsp3) is 0.462. The highest BCUT2D eigenvalue weighted by molar-refractivity contribution is 5.74. The molecule has 102 valence electrons. The first-order chi connectivity index (χ1) is 9.09. The van der Waals surface area contributed by atoms with E-state index < -0.39 is 4.92 Å². The minimum absolute atomic E-state index is 0.0985. The van der Waals surface area contributed by atoms with Gasteiger partial charge < -0.3 is 9.47 Å². The van der Waals surface area contributed by atoms with Crippen molar-refractivity contribution in [2.75, 3.05) is 13.2 Å². The molecule has 0 radical (unpaired) electrons.